The van der Waals surface area contributed by atoms with E-state index in [2.05, 4.69) is 20.8 Å². The van der Waals surface area contributed by atoms with Gasteiger partial charge in [0.1, 0.15) is 6.54 Å². The maximum Gasteiger partial charge on any atom is 0.420 e. The van der Waals surface area contributed by atoms with Crippen molar-refractivity contribution in [3.63, 3.8) is 0 Å². The molecular weight excluding hydrogens is 418 g/mol. The van der Waals surface area contributed by atoms with Gasteiger partial charge in [0.15, 0.2) is 5.58 Å². The van der Waals surface area contributed by atoms with Crippen molar-refractivity contribution < 1.29 is 17.6 Å². The number of sulfonamides is 1. The number of aromatic nitrogens is 1. The second-order valence-electron chi connectivity index (χ2n) is 9.42. The number of piperidine rings is 2. The molecule has 2 saturated heterocycles. The van der Waals surface area contributed by atoms with Crippen molar-refractivity contribution >= 4 is 27.0 Å². The standard InChI is InChI=1S/C22H31N3O5S/c1-15-6-8-24(9-7-15)31(28,29)18-4-5-19-20(11-18)30-22(27)25(19)14-21(26)23-12-16(2)10-17(3)13-23/h4-5,11,15-17H,6-10,12-14H2,1-3H3/t16-,17+. The molecule has 0 spiro atoms. The largest absolute Gasteiger partial charge is 0.420 e. The second kappa shape index (κ2) is 8.43. The molecular formula is C22H31N3O5S. The number of hydrogen-bond acceptors (Lipinski definition) is 5. The minimum Gasteiger partial charge on any atom is -0.408 e. The zero-order valence-electron chi connectivity index (χ0n) is 18.4. The number of fused-ring (bicyclic) bond motifs is 1. The summed E-state index contributed by atoms with van der Waals surface area (Å²) in [4.78, 5) is 27.2. The third-order valence-electron chi connectivity index (χ3n) is 6.54. The topological polar surface area (TPSA) is 92.8 Å². The van der Waals surface area contributed by atoms with Crippen LogP contribution in [0.2, 0.25) is 0 Å². The van der Waals surface area contributed by atoms with Gasteiger partial charge in [0.05, 0.1) is 10.4 Å². The summed E-state index contributed by atoms with van der Waals surface area (Å²) in [7, 11) is -3.65. The molecule has 0 N–H and O–H groups in total. The zero-order chi connectivity index (χ0) is 22.3. The summed E-state index contributed by atoms with van der Waals surface area (Å²) in [6.45, 7) is 8.62. The van der Waals surface area contributed by atoms with Gasteiger partial charge in [-0.15, -0.1) is 0 Å². The molecule has 3 heterocycles. The van der Waals surface area contributed by atoms with Crippen molar-refractivity contribution in [1.29, 1.82) is 0 Å². The minimum absolute atomic E-state index is 0.110. The minimum atomic E-state index is -3.65. The van der Waals surface area contributed by atoms with E-state index in [-0.39, 0.29) is 22.9 Å². The Labute approximate surface area is 182 Å². The third-order valence-corrected chi connectivity index (χ3v) is 8.43. The summed E-state index contributed by atoms with van der Waals surface area (Å²) in [5.74, 6) is 0.599. The van der Waals surface area contributed by atoms with E-state index in [0.29, 0.717) is 49.4 Å². The Morgan fingerprint density at radius 3 is 2.35 bits per heavy atom. The Bertz CT molecular complexity index is 1120. The van der Waals surface area contributed by atoms with Crippen LogP contribution in [-0.4, -0.2) is 54.3 Å². The Kier molecular flexibility index (Phi) is 6.00. The Morgan fingerprint density at radius 2 is 1.71 bits per heavy atom. The highest BCUT2D eigenvalue weighted by atomic mass is 32.2. The van der Waals surface area contributed by atoms with Crippen LogP contribution >= 0.6 is 0 Å². The highest BCUT2D eigenvalue weighted by Crippen LogP contribution is 2.26. The van der Waals surface area contributed by atoms with Crippen LogP contribution in [0.25, 0.3) is 11.1 Å². The smallest absolute Gasteiger partial charge is 0.408 e. The van der Waals surface area contributed by atoms with Crippen molar-refractivity contribution in [2.75, 3.05) is 26.2 Å². The fraction of sp³-hybridized carbons (Fsp3) is 0.636. The summed E-state index contributed by atoms with van der Waals surface area (Å²) in [5, 5.41) is 0. The zero-order valence-corrected chi connectivity index (χ0v) is 19.2. The highest BCUT2D eigenvalue weighted by molar-refractivity contribution is 7.89. The summed E-state index contributed by atoms with van der Waals surface area (Å²) in [6.07, 6.45) is 2.76. The molecule has 9 heteroatoms. The van der Waals surface area contributed by atoms with E-state index < -0.39 is 15.8 Å². The molecule has 170 valence electrons. The predicted octanol–water partition coefficient (Wildman–Crippen LogP) is 2.52. The molecule has 2 aliphatic rings. The van der Waals surface area contributed by atoms with Gasteiger partial charge in [-0.05, 0) is 49.1 Å². The lowest BCUT2D eigenvalue weighted by Crippen LogP contribution is -2.44. The third kappa shape index (κ3) is 4.43. The van der Waals surface area contributed by atoms with Crippen LogP contribution in [0.5, 0.6) is 0 Å². The van der Waals surface area contributed by atoms with E-state index in [0.717, 1.165) is 19.3 Å². The Balaban J connectivity index is 1.58. The maximum absolute atomic E-state index is 13.0. The van der Waals surface area contributed by atoms with E-state index in [1.165, 1.54) is 21.0 Å². The van der Waals surface area contributed by atoms with Gasteiger partial charge in [-0.1, -0.05) is 20.8 Å². The Morgan fingerprint density at radius 1 is 1.06 bits per heavy atom. The number of benzene rings is 1. The number of rotatable bonds is 4. The molecule has 0 bridgehead atoms. The molecule has 2 atom stereocenters. The first-order chi connectivity index (χ1) is 14.6. The van der Waals surface area contributed by atoms with Crippen LogP contribution in [0.15, 0.2) is 32.3 Å². The molecule has 4 rings (SSSR count). The monoisotopic (exact) mass is 449 g/mol. The molecule has 0 saturated carbocycles. The van der Waals surface area contributed by atoms with Gasteiger partial charge < -0.3 is 9.32 Å². The van der Waals surface area contributed by atoms with Crippen LogP contribution in [0, 0.1) is 17.8 Å². The molecule has 0 aliphatic carbocycles. The van der Waals surface area contributed by atoms with E-state index in [9.17, 15) is 18.0 Å². The molecule has 0 unspecified atom stereocenters. The lowest BCUT2D eigenvalue weighted by Gasteiger charge is -2.35. The molecule has 2 fully saturated rings. The maximum atomic E-state index is 13.0. The number of oxazole rings is 1. The molecule has 1 aromatic carbocycles. The van der Waals surface area contributed by atoms with Crippen molar-refractivity contribution in [2.24, 2.45) is 17.8 Å². The average molecular weight is 450 g/mol. The summed E-state index contributed by atoms with van der Waals surface area (Å²) in [6, 6.07) is 4.46. The van der Waals surface area contributed by atoms with Crippen LogP contribution in [0.3, 0.4) is 0 Å². The quantitative estimate of drug-likeness (QED) is 0.715. The number of carbonyl (C=O) groups excluding carboxylic acids is 1. The van der Waals surface area contributed by atoms with E-state index in [1.807, 2.05) is 0 Å². The molecule has 1 amide bonds. The predicted molar refractivity (Wildman–Crippen MR) is 117 cm³/mol. The van der Waals surface area contributed by atoms with Gasteiger partial charge in [0.2, 0.25) is 15.9 Å². The molecule has 2 aromatic rings. The van der Waals surface area contributed by atoms with Gasteiger partial charge >= 0.3 is 5.76 Å². The van der Waals surface area contributed by atoms with Gasteiger partial charge in [0.25, 0.3) is 0 Å². The fourth-order valence-corrected chi connectivity index (χ4v) is 6.32. The van der Waals surface area contributed by atoms with E-state index >= 15 is 0 Å². The summed E-state index contributed by atoms with van der Waals surface area (Å²) >= 11 is 0. The summed E-state index contributed by atoms with van der Waals surface area (Å²) in [5.41, 5.74) is 0.618. The van der Waals surface area contributed by atoms with Gasteiger partial charge in [-0.3, -0.25) is 9.36 Å². The first-order valence-corrected chi connectivity index (χ1v) is 12.5. The summed E-state index contributed by atoms with van der Waals surface area (Å²) < 4.78 is 34.1. The lowest BCUT2D eigenvalue weighted by atomic mass is 9.92. The number of carbonyl (C=O) groups is 1. The van der Waals surface area contributed by atoms with Gasteiger partial charge in [0, 0.05) is 32.2 Å². The molecule has 31 heavy (non-hydrogen) atoms. The van der Waals surface area contributed by atoms with Gasteiger partial charge in [-0.25, -0.2) is 13.2 Å². The van der Waals surface area contributed by atoms with Crippen LogP contribution in [0.4, 0.5) is 0 Å². The molecule has 8 nitrogen and oxygen atoms in total. The van der Waals surface area contributed by atoms with Gasteiger partial charge in [-0.2, -0.15) is 4.31 Å². The van der Waals surface area contributed by atoms with Crippen LogP contribution in [-0.2, 0) is 21.4 Å². The number of amides is 1. The fourth-order valence-electron chi connectivity index (χ4n) is 4.83. The molecule has 0 radical (unpaired) electrons. The van der Waals surface area contributed by atoms with Crippen molar-refractivity contribution in [2.45, 2.75) is 51.5 Å². The van der Waals surface area contributed by atoms with E-state index in [4.69, 9.17) is 4.42 Å². The van der Waals surface area contributed by atoms with Crippen LogP contribution in [0.1, 0.15) is 40.0 Å². The molecule has 2 aliphatic heterocycles. The number of nitrogens with zero attached hydrogens (tertiary/aromatic N) is 3. The highest BCUT2D eigenvalue weighted by Gasteiger charge is 2.30. The van der Waals surface area contributed by atoms with Crippen molar-refractivity contribution in [3.05, 3.63) is 28.7 Å². The first-order valence-electron chi connectivity index (χ1n) is 11.1. The number of hydrogen-bond donors (Lipinski definition) is 0. The molecule has 1 aromatic heterocycles. The Hall–Kier alpha value is -2.13. The normalized spacial score (nSPS) is 24.0. The number of likely N-dealkylation sites (tertiary alicyclic amines) is 1. The second-order valence-corrected chi connectivity index (χ2v) is 11.4. The van der Waals surface area contributed by atoms with E-state index in [1.54, 1.807) is 11.0 Å². The van der Waals surface area contributed by atoms with Crippen molar-refractivity contribution in [1.82, 2.24) is 13.8 Å². The van der Waals surface area contributed by atoms with Crippen LogP contribution < -0.4 is 5.76 Å². The van der Waals surface area contributed by atoms with Crippen molar-refractivity contribution in [3.8, 4) is 0 Å². The SMILES string of the molecule is CC1CCN(S(=O)(=O)c2ccc3c(c2)oc(=O)n3CC(=O)N2C[C@H](C)C[C@H](C)C2)CC1. The first kappa shape index (κ1) is 22.1. The average Bonchev–Trinajstić information content (AvgIpc) is 3.02. The lowest BCUT2D eigenvalue weighted by molar-refractivity contribution is -0.134.